The Morgan fingerprint density at radius 3 is 1.75 bits per heavy atom. The smallest absolute Gasteiger partial charge is 0.00331 e. The van der Waals surface area contributed by atoms with E-state index in [0.717, 1.165) is 0 Å². The van der Waals surface area contributed by atoms with E-state index in [9.17, 15) is 0 Å². The molecule has 0 amide bonds. The summed E-state index contributed by atoms with van der Waals surface area (Å²) in [5.74, 6) is 0. The molecule has 0 aromatic carbocycles. The van der Waals surface area contributed by atoms with E-state index in [4.69, 9.17) is 0 Å². The van der Waals surface area contributed by atoms with E-state index in [2.05, 4.69) is 45.1 Å². The molecule has 0 aliphatic heterocycles. The van der Waals surface area contributed by atoms with E-state index < -0.39 is 0 Å². The molecule has 0 saturated heterocycles. The van der Waals surface area contributed by atoms with Gasteiger partial charge in [0.25, 0.3) is 0 Å². The molecule has 1 unspecified atom stereocenters. The molecule has 0 radical (unpaired) electrons. The van der Waals surface area contributed by atoms with Gasteiger partial charge in [0.2, 0.25) is 0 Å². The Kier molecular flexibility index (Phi) is 13.1. The van der Waals surface area contributed by atoms with Crippen LogP contribution in [0.2, 0.25) is 0 Å². The molecule has 0 bridgehead atoms. The zero-order valence-corrected chi connectivity index (χ0v) is 9.65. The molecule has 0 heterocycles. The first-order valence-electron chi connectivity index (χ1n) is 4.90. The minimum Gasteiger partial charge on any atom is -0.317 e. The number of hydrogen-bond acceptors (Lipinski definition) is 2. The highest BCUT2D eigenvalue weighted by Gasteiger charge is 1.86. The van der Waals surface area contributed by atoms with E-state index in [1.165, 1.54) is 19.4 Å². The molecular formula is C10H26N2. The summed E-state index contributed by atoms with van der Waals surface area (Å²) in [5, 5.41) is 3.11. The fraction of sp³-hybridized carbons (Fsp3) is 1.00. The Morgan fingerprint density at radius 2 is 1.75 bits per heavy atom. The molecule has 1 N–H and O–H groups in total. The lowest BCUT2D eigenvalue weighted by Crippen LogP contribution is -2.19. The SMILES string of the molecule is CCC(C)NC.CCCN(C)C. The van der Waals surface area contributed by atoms with E-state index in [1.54, 1.807) is 0 Å². The lowest BCUT2D eigenvalue weighted by molar-refractivity contribution is 0.408. The van der Waals surface area contributed by atoms with Crippen LogP contribution in [0, 0.1) is 0 Å². The summed E-state index contributed by atoms with van der Waals surface area (Å²) >= 11 is 0. The van der Waals surface area contributed by atoms with Crippen LogP contribution >= 0.6 is 0 Å². The summed E-state index contributed by atoms with van der Waals surface area (Å²) in [7, 11) is 6.15. The van der Waals surface area contributed by atoms with Crippen molar-refractivity contribution in [2.24, 2.45) is 0 Å². The number of rotatable bonds is 4. The van der Waals surface area contributed by atoms with Crippen LogP contribution in [-0.4, -0.2) is 38.6 Å². The minimum atomic E-state index is 0.685. The highest BCUT2D eigenvalue weighted by atomic mass is 15.0. The van der Waals surface area contributed by atoms with Gasteiger partial charge in [-0.3, -0.25) is 0 Å². The van der Waals surface area contributed by atoms with Crippen LogP contribution in [0.1, 0.15) is 33.6 Å². The average molecular weight is 174 g/mol. The van der Waals surface area contributed by atoms with Gasteiger partial charge in [0.1, 0.15) is 0 Å². The van der Waals surface area contributed by atoms with Gasteiger partial charge in [0.15, 0.2) is 0 Å². The van der Waals surface area contributed by atoms with E-state index in [0.29, 0.717) is 6.04 Å². The van der Waals surface area contributed by atoms with E-state index >= 15 is 0 Å². The molecule has 1 atom stereocenters. The second-order valence-corrected chi connectivity index (χ2v) is 3.40. The number of nitrogens with zero attached hydrogens (tertiary/aromatic N) is 1. The standard InChI is InChI=1S/2C5H13N/c1-4-5-6(2)3;1-4-5(2)6-3/h4-5H2,1-3H3;5-6H,4H2,1-3H3. The zero-order valence-electron chi connectivity index (χ0n) is 9.65. The Labute approximate surface area is 78.3 Å². The molecule has 0 rings (SSSR count). The molecular weight excluding hydrogens is 148 g/mol. The highest BCUT2D eigenvalue weighted by molar-refractivity contribution is 4.49. The van der Waals surface area contributed by atoms with Crippen molar-refractivity contribution in [2.45, 2.75) is 39.7 Å². The third-order valence-electron chi connectivity index (χ3n) is 1.78. The fourth-order valence-electron chi connectivity index (χ4n) is 0.651. The normalized spacial score (nSPS) is 12.2. The summed E-state index contributed by atoms with van der Waals surface area (Å²) in [6, 6.07) is 0.685. The van der Waals surface area contributed by atoms with Crippen LogP contribution in [0.15, 0.2) is 0 Å². The first kappa shape index (κ1) is 14.4. The number of hydrogen-bond donors (Lipinski definition) is 1. The molecule has 2 heteroatoms. The van der Waals surface area contributed by atoms with Gasteiger partial charge in [-0.2, -0.15) is 0 Å². The van der Waals surface area contributed by atoms with E-state index in [1.807, 2.05) is 7.05 Å². The van der Waals surface area contributed by atoms with Crippen molar-refractivity contribution in [3.8, 4) is 0 Å². The quantitative estimate of drug-likeness (QED) is 0.701. The molecule has 76 valence electrons. The van der Waals surface area contributed by atoms with Gasteiger partial charge >= 0.3 is 0 Å². The first-order valence-corrected chi connectivity index (χ1v) is 4.90. The summed E-state index contributed by atoms with van der Waals surface area (Å²) < 4.78 is 0. The average Bonchev–Trinajstić information content (AvgIpc) is 2.04. The monoisotopic (exact) mass is 174 g/mol. The van der Waals surface area contributed by atoms with Crippen molar-refractivity contribution in [1.29, 1.82) is 0 Å². The third-order valence-corrected chi connectivity index (χ3v) is 1.78. The van der Waals surface area contributed by atoms with Gasteiger partial charge in [-0.1, -0.05) is 13.8 Å². The van der Waals surface area contributed by atoms with Crippen molar-refractivity contribution in [1.82, 2.24) is 10.2 Å². The van der Waals surface area contributed by atoms with Gasteiger partial charge in [-0.25, -0.2) is 0 Å². The largest absolute Gasteiger partial charge is 0.317 e. The molecule has 0 spiro atoms. The summed E-state index contributed by atoms with van der Waals surface area (Å²) in [4.78, 5) is 2.18. The van der Waals surface area contributed by atoms with Crippen molar-refractivity contribution >= 4 is 0 Å². The third kappa shape index (κ3) is 16.5. The van der Waals surface area contributed by atoms with Crippen molar-refractivity contribution in [2.75, 3.05) is 27.7 Å². The molecule has 0 aliphatic carbocycles. The van der Waals surface area contributed by atoms with Gasteiger partial charge in [0.05, 0.1) is 0 Å². The Hall–Kier alpha value is -0.0800. The molecule has 0 aromatic heterocycles. The van der Waals surface area contributed by atoms with Crippen LogP contribution in [0.5, 0.6) is 0 Å². The van der Waals surface area contributed by atoms with Gasteiger partial charge in [0, 0.05) is 6.04 Å². The maximum absolute atomic E-state index is 3.11. The summed E-state index contributed by atoms with van der Waals surface area (Å²) in [6.45, 7) is 7.72. The van der Waals surface area contributed by atoms with Gasteiger partial charge < -0.3 is 10.2 Å². The second-order valence-electron chi connectivity index (χ2n) is 3.40. The molecule has 12 heavy (non-hydrogen) atoms. The van der Waals surface area contributed by atoms with Crippen LogP contribution in [0.4, 0.5) is 0 Å². The molecule has 0 aliphatic rings. The first-order chi connectivity index (χ1) is 5.58. The lowest BCUT2D eigenvalue weighted by Gasteiger charge is -2.03. The Bertz CT molecular complexity index is 68.2. The van der Waals surface area contributed by atoms with Crippen LogP contribution < -0.4 is 5.32 Å². The predicted molar refractivity (Wildman–Crippen MR) is 57.7 cm³/mol. The maximum atomic E-state index is 3.11. The van der Waals surface area contributed by atoms with Crippen LogP contribution in [0.25, 0.3) is 0 Å². The fourth-order valence-corrected chi connectivity index (χ4v) is 0.651. The topological polar surface area (TPSA) is 15.3 Å². The minimum absolute atomic E-state index is 0.685. The molecule has 2 nitrogen and oxygen atoms in total. The predicted octanol–water partition coefficient (Wildman–Crippen LogP) is 1.96. The molecule has 0 fully saturated rings. The Morgan fingerprint density at radius 1 is 1.25 bits per heavy atom. The highest BCUT2D eigenvalue weighted by Crippen LogP contribution is 1.82. The van der Waals surface area contributed by atoms with E-state index in [-0.39, 0.29) is 0 Å². The molecule has 0 saturated carbocycles. The van der Waals surface area contributed by atoms with Gasteiger partial charge in [-0.05, 0) is 47.5 Å². The van der Waals surface area contributed by atoms with Gasteiger partial charge in [-0.15, -0.1) is 0 Å². The van der Waals surface area contributed by atoms with Crippen molar-refractivity contribution < 1.29 is 0 Å². The van der Waals surface area contributed by atoms with Crippen molar-refractivity contribution in [3.63, 3.8) is 0 Å². The van der Waals surface area contributed by atoms with Crippen molar-refractivity contribution in [3.05, 3.63) is 0 Å². The van der Waals surface area contributed by atoms with Crippen LogP contribution in [-0.2, 0) is 0 Å². The van der Waals surface area contributed by atoms with Crippen LogP contribution in [0.3, 0.4) is 0 Å². The second kappa shape index (κ2) is 10.9. The molecule has 0 aromatic rings. The summed E-state index contributed by atoms with van der Waals surface area (Å²) in [6.07, 6.45) is 2.48. The number of nitrogens with one attached hydrogen (secondary N) is 1. The lowest BCUT2D eigenvalue weighted by atomic mass is 10.3. The maximum Gasteiger partial charge on any atom is 0.00331 e. The Balaban J connectivity index is 0. The summed E-state index contributed by atoms with van der Waals surface area (Å²) in [5.41, 5.74) is 0. The zero-order chi connectivity index (χ0) is 9.98.